The zero-order chi connectivity index (χ0) is 19.1. The Morgan fingerprint density at radius 1 is 0.885 bits per heavy atom. The molecule has 2 aromatic rings. The molecule has 0 unspecified atom stereocenters. The lowest BCUT2D eigenvalue weighted by molar-refractivity contribution is -0.136. The van der Waals surface area contributed by atoms with Gasteiger partial charge < -0.3 is 18.9 Å². The second-order valence-corrected chi connectivity index (χ2v) is 4.95. The number of carbonyl (C=O) groups is 3. The van der Waals surface area contributed by atoms with Crippen LogP contribution in [0, 0.1) is 5.82 Å². The summed E-state index contributed by atoms with van der Waals surface area (Å²) < 4.78 is 32.4. The minimum Gasteiger partial charge on any atom is -0.482 e. The van der Waals surface area contributed by atoms with E-state index < -0.39 is 30.3 Å². The van der Waals surface area contributed by atoms with Gasteiger partial charge in [0.1, 0.15) is 17.3 Å². The first kappa shape index (κ1) is 18.9. The van der Waals surface area contributed by atoms with Crippen LogP contribution >= 0.6 is 0 Å². The largest absolute Gasteiger partial charge is 0.482 e. The second-order valence-electron chi connectivity index (χ2n) is 4.95. The highest BCUT2D eigenvalue weighted by molar-refractivity contribution is 5.96. The Labute approximate surface area is 148 Å². The topological polar surface area (TPSA) is 88.1 Å². The van der Waals surface area contributed by atoms with Crippen molar-refractivity contribution in [3.05, 3.63) is 59.4 Å². The van der Waals surface area contributed by atoms with E-state index in [1.54, 1.807) is 0 Å². The lowest BCUT2D eigenvalue weighted by Gasteiger charge is -2.09. The molecule has 0 atom stereocenters. The van der Waals surface area contributed by atoms with E-state index >= 15 is 0 Å². The summed E-state index contributed by atoms with van der Waals surface area (Å²) in [6.07, 6.45) is 0. The molecule has 2 aromatic carbocycles. The molecule has 0 aliphatic rings. The van der Waals surface area contributed by atoms with Crippen LogP contribution in [0.2, 0.25) is 0 Å². The predicted octanol–water partition coefficient (Wildman–Crippen LogP) is 2.38. The van der Waals surface area contributed by atoms with E-state index in [9.17, 15) is 18.8 Å². The highest BCUT2D eigenvalue weighted by atomic mass is 19.1. The summed E-state index contributed by atoms with van der Waals surface area (Å²) in [5, 5.41) is 0. The van der Waals surface area contributed by atoms with Gasteiger partial charge in [0.05, 0.1) is 25.3 Å². The number of ether oxygens (including phenoxy) is 4. The average Bonchev–Trinajstić information content (AvgIpc) is 2.64. The van der Waals surface area contributed by atoms with Crippen molar-refractivity contribution in [1.29, 1.82) is 0 Å². The fourth-order valence-electron chi connectivity index (χ4n) is 1.99. The first-order valence-electron chi connectivity index (χ1n) is 7.33. The molecule has 0 saturated heterocycles. The number of rotatable bonds is 6. The minimum atomic E-state index is -0.813. The van der Waals surface area contributed by atoms with Crippen LogP contribution in [0.5, 0.6) is 11.5 Å². The predicted molar refractivity (Wildman–Crippen MR) is 86.7 cm³/mol. The molecule has 0 amide bonds. The molecule has 0 radical (unpaired) electrons. The standard InChI is InChI=1S/C18H15FO7/c1-23-17(21)11-6-12(18(22)24-2)8-15(7-11)26-16(20)10-25-14-5-3-4-13(19)9-14/h3-9H,10H2,1-2H3. The van der Waals surface area contributed by atoms with Crippen LogP contribution < -0.4 is 9.47 Å². The van der Waals surface area contributed by atoms with Crippen LogP contribution in [0.4, 0.5) is 4.39 Å². The number of methoxy groups -OCH3 is 2. The molecule has 0 spiro atoms. The SMILES string of the molecule is COC(=O)c1cc(OC(=O)COc2cccc(F)c2)cc(C(=O)OC)c1. The minimum absolute atomic E-state index is 0.00393. The number of benzene rings is 2. The maximum absolute atomic E-state index is 13.1. The van der Waals surface area contributed by atoms with E-state index in [1.165, 1.54) is 50.6 Å². The van der Waals surface area contributed by atoms with Crippen molar-refractivity contribution in [2.45, 2.75) is 0 Å². The fraction of sp³-hybridized carbons (Fsp3) is 0.167. The third-order valence-electron chi connectivity index (χ3n) is 3.13. The molecule has 26 heavy (non-hydrogen) atoms. The van der Waals surface area contributed by atoms with Crippen molar-refractivity contribution in [3.8, 4) is 11.5 Å². The molecule has 0 N–H and O–H groups in total. The Hall–Kier alpha value is -3.42. The summed E-state index contributed by atoms with van der Waals surface area (Å²) in [6.45, 7) is -0.501. The van der Waals surface area contributed by atoms with Crippen molar-refractivity contribution in [2.24, 2.45) is 0 Å². The van der Waals surface area contributed by atoms with Gasteiger partial charge in [-0.05, 0) is 30.3 Å². The van der Waals surface area contributed by atoms with E-state index in [4.69, 9.17) is 9.47 Å². The van der Waals surface area contributed by atoms with Gasteiger partial charge in [0.2, 0.25) is 0 Å². The van der Waals surface area contributed by atoms with E-state index in [0.29, 0.717) is 0 Å². The Kier molecular flexibility index (Phi) is 6.26. The fourth-order valence-corrected chi connectivity index (χ4v) is 1.99. The van der Waals surface area contributed by atoms with Crippen LogP contribution in [0.3, 0.4) is 0 Å². The van der Waals surface area contributed by atoms with Gasteiger partial charge in [-0.1, -0.05) is 6.07 Å². The third kappa shape index (κ3) is 5.04. The second kappa shape index (κ2) is 8.61. The van der Waals surface area contributed by atoms with E-state index in [1.807, 2.05) is 0 Å². The van der Waals surface area contributed by atoms with Crippen molar-refractivity contribution in [3.63, 3.8) is 0 Å². The number of esters is 3. The van der Waals surface area contributed by atoms with Gasteiger partial charge >= 0.3 is 17.9 Å². The van der Waals surface area contributed by atoms with Crippen molar-refractivity contribution < 1.29 is 37.7 Å². The Morgan fingerprint density at radius 2 is 1.50 bits per heavy atom. The molecule has 2 rings (SSSR count). The summed E-state index contributed by atoms with van der Waals surface area (Å²) >= 11 is 0. The molecule has 0 heterocycles. The average molecular weight is 362 g/mol. The zero-order valence-corrected chi connectivity index (χ0v) is 14.0. The summed E-state index contributed by atoms with van der Waals surface area (Å²) in [6, 6.07) is 8.97. The lowest BCUT2D eigenvalue weighted by atomic mass is 10.1. The van der Waals surface area contributed by atoms with E-state index in [-0.39, 0.29) is 22.6 Å². The Morgan fingerprint density at radius 3 is 2.04 bits per heavy atom. The van der Waals surface area contributed by atoms with Gasteiger partial charge in [0.25, 0.3) is 0 Å². The van der Waals surface area contributed by atoms with Crippen molar-refractivity contribution in [2.75, 3.05) is 20.8 Å². The number of halogens is 1. The summed E-state index contributed by atoms with van der Waals surface area (Å²) in [7, 11) is 2.34. The molecule has 136 valence electrons. The molecule has 0 aliphatic heterocycles. The highest BCUT2D eigenvalue weighted by Gasteiger charge is 2.16. The summed E-state index contributed by atoms with van der Waals surface area (Å²) in [5.41, 5.74) is 0.00787. The molecule has 0 aliphatic carbocycles. The van der Waals surface area contributed by atoms with Gasteiger partial charge in [-0.2, -0.15) is 0 Å². The first-order chi connectivity index (χ1) is 12.4. The molecule has 7 nitrogen and oxygen atoms in total. The van der Waals surface area contributed by atoms with E-state index in [2.05, 4.69) is 9.47 Å². The van der Waals surface area contributed by atoms with Crippen LogP contribution in [0.25, 0.3) is 0 Å². The quantitative estimate of drug-likeness (QED) is 0.576. The first-order valence-corrected chi connectivity index (χ1v) is 7.33. The molecule has 0 aromatic heterocycles. The summed E-state index contributed by atoms with van der Waals surface area (Å²) in [5.74, 6) is -2.67. The van der Waals surface area contributed by atoms with E-state index in [0.717, 1.165) is 6.07 Å². The van der Waals surface area contributed by atoms with Gasteiger partial charge in [-0.25, -0.2) is 18.8 Å². The Balaban J connectivity index is 2.12. The maximum atomic E-state index is 13.1. The van der Waals surface area contributed by atoms with Crippen LogP contribution in [-0.2, 0) is 14.3 Å². The van der Waals surface area contributed by atoms with Gasteiger partial charge in [0, 0.05) is 6.07 Å². The highest BCUT2D eigenvalue weighted by Crippen LogP contribution is 2.19. The Bertz CT molecular complexity index is 798. The molecule has 8 heteroatoms. The molecule has 0 saturated carbocycles. The van der Waals surface area contributed by atoms with Crippen LogP contribution in [0.15, 0.2) is 42.5 Å². The monoisotopic (exact) mass is 362 g/mol. The zero-order valence-electron chi connectivity index (χ0n) is 14.0. The van der Waals surface area contributed by atoms with Gasteiger partial charge in [0.15, 0.2) is 6.61 Å². The molecule has 0 bridgehead atoms. The molecular formula is C18H15FO7. The summed E-state index contributed by atoms with van der Waals surface area (Å²) in [4.78, 5) is 35.3. The van der Waals surface area contributed by atoms with Crippen molar-refractivity contribution in [1.82, 2.24) is 0 Å². The van der Waals surface area contributed by atoms with Crippen molar-refractivity contribution >= 4 is 17.9 Å². The molecule has 0 fully saturated rings. The number of hydrogen-bond donors (Lipinski definition) is 0. The molecular weight excluding hydrogens is 347 g/mol. The normalized spacial score (nSPS) is 9.96. The maximum Gasteiger partial charge on any atom is 0.349 e. The van der Waals surface area contributed by atoms with Gasteiger partial charge in [-0.15, -0.1) is 0 Å². The number of carbonyl (C=O) groups excluding carboxylic acids is 3. The third-order valence-corrected chi connectivity index (χ3v) is 3.13. The number of hydrogen-bond acceptors (Lipinski definition) is 7. The van der Waals surface area contributed by atoms with Crippen LogP contribution in [-0.4, -0.2) is 38.7 Å². The van der Waals surface area contributed by atoms with Gasteiger partial charge in [-0.3, -0.25) is 0 Å². The lowest BCUT2D eigenvalue weighted by Crippen LogP contribution is -2.18. The van der Waals surface area contributed by atoms with Crippen LogP contribution in [0.1, 0.15) is 20.7 Å². The smallest absolute Gasteiger partial charge is 0.349 e.